The van der Waals surface area contributed by atoms with Crippen molar-refractivity contribution in [2.45, 2.75) is 13.1 Å². The van der Waals surface area contributed by atoms with Crippen molar-refractivity contribution < 1.29 is 9.59 Å². The van der Waals surface area contributed by atoms with Crippen molar-refractivity contribution in [3.8, 4) is 17.3 Å². The van der Waals surface area contributed by atoms with E-state index in [1.165, 1.54) is 0 Å². The zero-order chi connectivity index (χ0) is 21.3. The molecule has 0 spiro atoms. The number of hydrogen-bond donors (Lipinski definition) is 2. The number of anilines is 1. The van der Waals surface area contributed by atoms with Crippen molar-refractivity contribution in [2.75, 3.05) is 11.9 Å². The van der Waals surface area contributed by atoms with Crippen LogP contribution < -0.4 is 11.1 Å². The summed E-state index contributed by atoms with van der Waals surface area (Å²) in [5.41, 5.74) is 8.69. The number of hydrogen-bond acceptors (Lipinski definition) is 3. The normalized spacial score (nSPS) is 12.7. The second-order valence-corrected chi connectivity index (χ2v) is 7.33. The summed E-state index contributed by atoms with van der Waals surface area (Å²) >= 11 is 5.89. The number of rotatable bonds is 3. The number of urea groups is 1. The van der Waals surface area contributed by atoms with Crippen LogP contribution in [0, 0.1) is 11.3 Å². The average molecular weight is 420 g/mol. The molecule has 0 atom stereocenters. The maximum Gasteiger partial charge on any atom is 0.322 e. The van der Waals surface area contributed by atoms with Gasteiger partial charge in [-0.25, -0.2) is 4.79 Å². The molecule has 7 nitrogen and oxygen atoms in total. The van der Waals surface area contributed by atoms with E-state index in [1.54, 1.807) is 29.2 Å². The molecule has 8 heteroatoms. The van der Waals surface area contributed by atoms with Crippen molar-refractivity contribution in [1.29, 1.82) is 5.26 Å². The van der Waals surface area contributed by atoms with Gasteiger partial charge < -0.3 is 20.5 Å². The molecule has 1 aromatic heterocycles. The zero-order valence-electron chi connectivity index (χ0n) is 15.9. The second-order valence-electron chi connectivity index (χ2n) is 6.90. The predicted octanol–water partition coefficient (Wildman–Crippen LogP) is 3.83. The molecule has 3 aromatic rings. The topological polar surface area (TPSA) is 104 Å². The smallest absolute Gasteiger partial charge is 0.322 e. The van der Waals surface area contributed by atoms with E-state index in [0.717, 1.165) is 5.56 Å². The number of carbonyl (C=O) groups excluding carboxylic acids is 2. The number of fused-ring (bicyclic) bond motifs is 1. The highest BCUT2D eigenvalue weighted by molar-refractivity contribution is 6.30. The highest BCUT2D eigenvalue weighted by atomic mass is 35.5. The molecule has 0 saturated carbocycles. The molecule has 0 bridgehead atoms. The van der Waals surface area contributed by atoms with E-state index in [1.807, 2.05) is 34.9 Å². The van der Waals surface area contributed by atoms with Gasteiger partial charge in [0.25, 0.3) is 5.91 Å². The fourth-order valence-corrected chi connectivity index (χ4v) is 3.86. The van der Waals surface area contributed by atoms with Crippen LogP contribution in [-0.2, 0) is 13.1 Å². The van der Waals surface area contributed by atoms with Crippen LogP contribution in [-0.4, -0.2) is 28.0 Å². The van der Waals surface area contributed by atoms with Crippen LogP contribution in [0.25, 0.3) is 11.3 Å². The number of benzene rings is 2. The third kappa shape index (κ3) is 3.49. The molecule has 2 heterocycles. The van der Waals surface area contributed by atoms with Crippen molar-refractivity contribution in [3.05, 3.63) is 76.4 Å². The van der Waals surface area contributed by atoms with E-state index in [0.29, 0.717) is 35.2 Å². The summed E-state index contributed by atoms with van der Waals surface area (Å²) in [4.78, 5) is 26.6. The standard InChI is InChI=1S/C22H18ClN5O2/c23-15-6-8-16(9-7-15)26-22(30)27-10-11-28-18(13-27)19(21(25)29)17(12-24)20(28)14-4-2-1-3-5-14/h1-9H,10-11,13H2,(H2,25,29)(H,26,30). The molecule has 2 aromatic carbocycles. The van der Waals surface area contributed by atoms with E-state index in [9.17, 15) is 14.9 Å². The van der Waals surface area contributed by atoms with E-state index < -0.39 is 5.91 Å². The minimum atomic E-state index is -0.683. The van der Waals surface area contributed by atoms with Crippen LogP contribution in [0.4, 0.5) is 10.5 Å². The van der Waals surface area contributed by atoms with Gasteiger partial charge in [0.1, 0.15) is 6.07 Å². The molecule has 4 rings (SSSR count). The first-order chi connectivity index (χ1) is 14.5. The molecule has 0 aliphatic carbocycles. The summed E-state index contributed by atoms with van der Waals surface area (Å²) < 4.78 is 1.92. The van der Waals surface area contributed by atoms with Crippen LogP contribution in [0.5, 0.6) is 0 Å². The third-order valence-corrected chi connectivity index (χ3v) is 5.35. The third-order valence-electron chi connectivity index (χ3n) is 5.09. The minimum absolute atomic E-state index is 0.166. The first-order valence-electron chi connectivity index (χ1n) is 9.31. The van der Waals surface area contributed by atoms with Gasteiger partial charge >= 0.3 is 6.03 Å². The fourth-order valence-electron chi connectivity index (χ4n) is 3.74. The molecule has 3 amide bonds. The molecular weight excluding hydrogens is 402 g/mol. The lowest BCUT2D eigenvalue weighted by molar-refractivity contribution is 0.0997. The van der Waals surface area contributed by atoms with Gasteiger partial charge in [-0.3, -0.25) is 4.79 Å². The van der Waals surface area contributed by atoms with Crippen molar-refractivity contribution in [3.63, 3.8) is 0 Å². The largest absolute Gasteiger partial charge is 0.366 e. The van der Waals surface area contributed by atoms with Gasteiger partial charge in [0.05, 0.1) is 29.1 Å². The van der Waals surface area contributed by atoms with Gasteiger partial charge in [-0.15, -0.1) is 0 Å². The Morgan fingerprint density at radius 1 is 1.07 bits per heavy atom. The zero-order valence-corrected chi connectivity index (χ0v) is 16.7. The number of nitrogens with zero attached hydrogens (tertiary/aromatic N) is 3. The Morgan fingerprint density at radius 3 is 2.40 bits per heavy atom. The number of amides is 3. The Kier molecular flexibility index (Phi) is 5.17. The van der Waals surface area contributed by atoms with Crippen molar-refractivity contribution in [2.24, 2.45) is 5.73 Å². The fraction of sp³-hybridized carbons (Fsp3) is 0.136. The van der Waals surface area contributed by atoms with Gasteiger partial charge in [0, 0.05) is 23.8 Å². The SMILES string of the molecule is N#Cc1c(C(N)=O)c2n(c1-c1ccccc1)CCN(C(=O)Nc1ccc(Cl)cc1)C2. The Hall–Kier alpha value is -3.76. The van der Waals surface area contributed by atoms with Crippen LogP contribution in [0.3, 0.4) is 0 Å². The van der Waals surface area contributed by atoms with Crippen LogP contribution in [0.15, 0.2) is 54.6 Å². The molecular formula is C22H18ClN5O2. The lowest BCUT2D eigenvalue weighted by Crippen LogP contribution is -2.41. The number of nitrogens with one attached hydrogen (secondary N) is 1. The minimum Gasteiger partial charge on any atom is -0.366 e. The number of aromatic nitrogens is 1. The second kappa shape index (κ2) is 7.93. The summed E-state index contributed by atoms with van der Waals surface area (Å²) in [6.45, 7) is 1.03. The van der Waals surface area contributed by atoms with Gasteiger partial charge in [0.15, 0.2) is 0 Å². The molecule has 3 N–H and O–H groups in total. The van der Waals surface area contributed by atoms with E-state index in [-0.39, 0.29) is 23.7 Å². The van der Waals surface area contributed by atoms with E-state index >= 15 is 0 Å². The quantitative estimate of drug-likeness (QED) is 0.674. The molecule has 0 unspecified atom stereocenters. The number of nitrogens with two attached hydrogens (primary N) is 1. The highest BCUT2D eigenvalue weighted by Crippen LogP contribution is 2.34. The molecule has 0 saturated heterocycles. The summed E-state index contributed by atoms with van der Waals surface area (Å²) in [6.07, 6.45) is 0. The molecule has 0 radical (unpaired) electrons. The average Bonchev–Trinajstić information content (AvgIpc) is 3.09. The first-order valence-corrected chi connectivity index (χ1v) is 9.69. The maximum atomic E-state index is 12.8. The monoisotopic (exact) mass is 419 g/mol. The first kappa shape index (κ1) is 19.6. The van der Waals surface area contributed by atoms with Crippen LogP contribution >= 0.6 is 11.6 Å². The van der Waals surface area contributed by atoms with E-state index in [2.05, 4.69) is 11.4 Å². The Labute approximate surface area is 178 Å². The lowest BCUT2D eigenvalue weighted by atomic mass is 10.0. The van der Waals surface area contributed by atoms with Gasteiger partial charge in [0.2, 0.25) is 0 Å². The predicted molar refractivity (Wildman–Crippen MR) is 114 cm³/mol. The number of halogens is 1. The molecule has 1 aliphatic heterocycles. The van der Waals surface area contributed by atoms with Crippen LogP contribution in [0.1, 0.15) is 21.6 Å². The van der Waals surface area contributed by atoms with Crippen molar-refractivity contribution >= 4 is 29.2 Å². The lowest BCUT2D eigenvalue weighted by Gasteiger charge is -2.30. The number of primary amides is 1. The van der Waals surface area contributed by atoms with Gasteiger partial charge in [-0.05, 0) is 29.8 Å². The molecule has 0 fully saturated rings. The molecule has 150 valence electrons. The van der Waals surface area contributed by atoms with E-state index in [4.69, 9.17) is 17.3 Å². The summed E-state index contributed by atoms with van der Waals surface area (Å²) in [7, 11) is 0. The Morgan fingerprint density at radius 2 is 1.77 bits per heavy atom. The number of carbonyl (C=O) groups is 2. The molecule has 1 aliphatic rings. The summed E-state index contributed by atoms with van der Waals surface area (Å²) in [5.74, 6) is -0.683. The van der Waals surface area contributed by atoms with Gasteiger partial charge in [-0.1, -0.05) is 41.9 Å². The highest BCUT2D eigenvalue weighted by Gasteiger charge is 2.32. The summed E-state index contributed by atoms with van der Waals surface area (Å²) in [6, 6.07) is 18.0. The van der Waals surface area contributed by atoms with Crippen LogP contribution in [0.2, 0.25) is 5.02 Å². The Bertz CT molecular complexity index is 1160. The maximum absolute atomic E-state index is 12.8. The number of nitriles is 1. The Balaban J connectivity index is 1.70. The van der Waals surface area contributed by atoms with Gasteiger partial charge in [-0.2, -0.15) is 5.26 Å². The summed E-state index contributed by atoms with van der Waals surface area (Å²) in [5, 5.41) is 13.2. The molecule has 30 heavy (non-hydrogen) atoms. The van der Waals surface area contributed by atoms with Crippen molar-refractivity contribution in [1.82, 2.24) is 9.47 Å².